The topological polar surface area (TPSA) is 38.8 Å². The van der Waals surface area contributed by atoms with Crippen LogP contribution in [-0.2, 0) is 0 Å². The monoisotopic (exact) mass is 325 g/mol. The minimum Gasteiger partial charge on any atom is -0.493 e. The van der Waals surface area contributed by atoms with Gasteiger partial charge in [-0.05, 0) is 55.0 Å². The molecule has 2 aromatic carbocycles. The van der Waals surface area contributed by atoms with Gasteiger partial charge in [0.2, 0.25) is 0 Å². The van der Waals surface area contributed by atoms with Crippen LogP contribution in [0.25, 0.3) is 6.08 Å². The van der Waals surface area contributed by atoms with E-state index in [1.54, 1.807) is 19.3 Å². The molecule has 0 N–H and O–H groups in total. The standard InChI is InChI=1S/C20H23NO3/c1-5-24-20-14-15(7-13-19(20)23-4)6-12-18(22)16-8-10-17(11-9-16)21(2)3/h6-14H,5H2,1-4H3/b12-6+. The summed E-state index contributed by atoms with van der Waals surface area (Å²) in [6, 6.07) is 13.1. The Morgan fingerprint density at radius 3 is 2.38 bits per heavy atom. The largest absolute Gasteiger partial charge is 0.493 e. The first-order valence-corrected chi connectivity index (χ1v) is 7.85. The smallest absolute Gasteiger partial charge is 0.185 e. The summed E-state index contributed by atoms with van der Waals surface area (Å²) >= 11 is 0. The summed E-state index contributed by atoms with van der Waals surface area (Å²) in [7, 11) is 5.54. The molecule has 0 radical (unpaired) electrons. The molecule has 126 valence electrons. The van der Waals surface area contributed by atoms with Gasteiger partial charge in [0.05, 0.1) is 13.7 Å². The van der Waals surface area contributed by atoms with Crippen molar-refractivity contribution in [1.29, 1.82) is 0 Å². The first-order valence-electron chi connectivity index (χ1n) is 7.85. The molecule has 0 amide bonds. The molecule has 0 saturated heterocycles. The van der Waals surface area contributed by atoms with E-state index in [0.717, 1.165) is 11.3 Å². The number of carbonyl (C=O) groups excluding carboxylic acids is 1. The van der Waals surface area contributed by atoms with Gasteiger partial charge in [-0.2, -0.15) is 0 Å². The third-order valence-electron chi connectivity index (χ3n) is 3.58. The molecular weight excluding hydrogens is 302 g/mol. The average molecular weight is 325 g/mol. The minimum atomic E-state index is -0.0333. The fourth-order valence-electron chi connectivity index (χ4n) is 2.26. The molecule has 2 rings (SSSR count). The van der Waals surface area contributed by atoms with Crippen LogP contribution in [0.5, 0.6) is 11.5 Å². The van der Waals surface area contributed by atoms with E-state index in [9.17, 15) is 4.79 Å². The lowest BCUT2D eigenvalue weighted by molar-refractivity contribution is 0.104. The number of hydrogen-bond acceptors (Lipinski definition) is 4. The van der Waals surface area contributed by atoms with Crippen molar-refractivity contribution in [3.05, 3.63) is 59.7 Å². The fourth-order valence-corrected chi connectivity index (χ4v) is 2.26. The number of hydrogen-bond donors (Lipinski definition) is 0. The van der Waals surface area contributed by atoms with Gasteiger partial charge < -0.3 is 14.4 Å². The Balaban J connectivity index is 2.14. The van der Waals surface area contributed by atoms with Crippen LogP contribution in [-0.4, -0.2) is 33.6 Å². The van der Waals surface area contributed by atoms with Gasteiger partial charge in [-0.15, -0.1) is 0 Å². The summed E-state index contributed by atoms with van der Waals surface area (Å²) in [5.41, 5.74) is 2.61. The molecule has 0 aliphatic carbocycles. The van der Waals surface area contributed by atoms with Crippen LogP contribution in [0.15, 0.2) is 48.5 Å². The van der Waals surface area contributed by atoms with Gasteiger partial charge in [-0.3, -0.25) is 4.79 Å². The van der Waals surface area contributed by atoms with E-state index >= 15 is 0 Å². The number of benzene rings is 2. The van der Waals surface area contributed by atoms with E-state index in [-0.39, 0.29) is 5.78 Å². The van der Waals surface area contributed by atoms with Crippen molar-refractivity contribution in [2.24, 2.45) is 0 Å². The molecule has 24 heavy (non-hydrogen) atoms. The molecule has 0 bridgehead atoms. The summed E-state index contributed by atoms with van der Waals surface area (Å²) in [6.07, 6.45) is 3.35. The van der Waals surface area contributed by atoms with Crippen molar-refractivity contribution in [3.8, 4) is 11.5 Å². The second-order valence-electron chi connectivity index (χ2n) is 5.48. The molecule has 0 fully saturated rings. The minimum absolute atomic E-state index is 0.0333. The molecule has 4 nitrogen and oxygen atoms in total. The van der Waals surface area contributed by atoms with Crippen molar-refractivity contribution in [2.75, 3.05) is 32.7 Å². The lowest BCUT2D eigenvalue weighted by Crippen LogP contribution is -2.08. The Hall–Kier alpha value is -2.75. The van der Waals surface area contributed by atoms with Crippen molar-refractivity contribution in [1.82, 2.24) is 0 Å². The lowest BCUT2D eigenvalue weighted by atomic mass is 10.1. The Morgan fingerprint density at radius 1 is 1.08 bits per heavy atom. The molecular formula is C20H23NO3. The third kappa shape index (κ3) is 4.38. The Kier molecular flexibility index (Phi) is 6.01. The number of methoxy groups -OCH3 is 1. The first kappa shape index (κ1) is 17.6. The highest BCUT2D eigenvalue weighted by Gasteiger charge is 2.05. The Morgan fingerprint density at radius 2 is 1.79 bits per heavy atom. The van der Waals surface area contributed by atoms with Gasteiger partial charge in [-0.25, -0.2) is 0 Å². The van der Waals surface area contributed by atoms with Gasteiger partial charge >= 0.3 is 0 Å². The molecule has 0 aliphatic rings. The van der Waals surface area contributed by atoms with E-state index in [2.05, 4.69) is 0 Å². The zero-order chi connectivity index (χ0) is 17.5. The van der Waals surface area contributed by atoms with Crippen molar-refractivity contribution >= 4 is 17.5 Å². The predicted molar refractivity (Wildman–Crippen MR) is 98.3 cm³/mol. The summed E-state index contributed by atoms with van der Waals surface area (Å²) in [6.45, 7) is 2.48. The summed E-state index contributed by atoms with van der Waals surface area (Å²) in [5.74, 6) is 1.32. The van der Waals surface area contributed by atoms with Crippen LogP contribution in [0.4, 0.5) is 5.69 Å². The van der Waals surface area contributed by atoms with E-state index in [1.807, 2.05) is 68.4 Å². The van der Waals surface area contributed by atoms with E-state index in [4.69, 9.17) is 9.47 Å². The number of ketones is 1. The SMILES string of the molecule is CCOc1cc(/C=C/C(=O)c2ccc(N(C)C)cc2)ccc1OC. The molecule has 0 spiro atoms. The molecule has 0 aromatic heterocycles. The number of rotatable bonds is 7. The fraction of sp³-hybridized carbons (Fsp3) is 0.250. The number of ether oxygens (including phenoxy) is 2. The van der Waals surface area contributed by atoms with Crippen molar-refractivity contribution < 1.29 is 14.3 Å². The van der Waals surface area contributed by atoms with Crippen LogP contribution < -0.4 is 14.4 Å². The zero-order valence-corrected chi connectivity index (χ0v) is 14.6. The normalized spacial score (nSPS) is 10.7. The third-order valence-corrected chi connectivity index (χ3v) is 3.58. The average Bonchev–Trinajstić information content (AvgIpc) is 2.60. The highest BCUT2D eigenvalue weighted by molar-refractivity contribution is 6.07. The molecule has 2 aromatic rings. The van der Waals surface area contributed by atoms with Gasteiger partial charge in [0, 0.05) is 25.3 Å². The van der Waals surface area contributed by atoms with Gasteiger partial charge in [0.25, 0.3) is 0 Å². The summed E-state index contributed by atoms with van der Waals surface area (Å²) in [5, 5.41) is 0. The molecule has 0 unspecified atom stereocenters. The molecule has 0 aliphatic heterocycles. The Bertz CT molecular complexity index is 718. The highest BCUT2D eigenvalue weighted by atomic mass is 16.5. The predicted octanol–water partition coefficient (Wildman–Crippen LogP) is 4.06. The first-order chi connectivity index (χ1) is 11.5. The molecule has 4 heteroatoms. The number of nitrogens with zero attached hydrogens (tertiary/aromatic N) is 1. The number of carbonyl (C=O) groups is 1. The van der Waals surface area contributed by atoms with Gasteiger partial charge in [-0.1, -0.05) is 12.1 Å². The van der Waals surface area contributed by atoms with Crippen LogP contribution >= 0.6 is 0 Å². The molecule has 0 saturated carbocycles. The van der Waals surface area contributed by atoms with E-state index < -0.39 is 0 Å². The Labute approximate surface area is 143 Å². The van der Waals surface area contributed by atoms with Crippen molar-refractivity contribution in [3.63, 3.8) is 0 Å². The maximum absolute atomic E-state index is 12.3. The van der Waals surface area contributed by atoms with E-state index in [1.165, 1.54) is 0 Å². The van der Waals surface area contributed by atoms with Gasteiger partial charge in [0.15, 0.2) is 17.3 Å². The number of allylic oxidation sites excluding steroid dienone is 1. The van der Waals surface area contributed by atoms with Gasteiger partial charge in [0.1, 0.15) is 0 Å². The maximum Gasteiger partial charge on any atom is 0.185 e. The molecule has 0 atom stereocenters. The number of anilines is 1. The second-order valence-corrected chi connectivity index (χ2v) is 5.48. The lowest BCUT2D eigenvalue weighted by Gasteiger charge is -2.12. The molecule has 0 heterocycles. The van der Waals surface area contributed by atoms with Crippen LogP contribution in [0.2, 0.25) is 0 Å². The zero-order valence-electron chi connectivity index (χ0n) is 14.6. The highest BCUT2D eigenvalue weighted by Crippen LogP contribution is 2.28. The maximum atomic E-state index is 12.3. The second kappa shape index (κ2) is 8.20. The van der Waals surface area contributed by atoms with Crippen molar-refractivity contribution in [2.45, 2.75) is 6.92 Å². The van der Waals surface area contributed by atoms with Crippen LogP contribution in [0.1, 0.15) is 22.8 Å². The van der Waals surface area contributed by atoms with Crippen LogP contribution in [0, 0.1) is 0 Å². The van der Waals surface area contributed by atoms with Crippen LogP contribution in [0.3, 0.4) is 0 Å². The summed E-state index contributed by atoms with van der Waals surface area (Å²) < 4.78 is 10.8. The van der Waals surface area contributed by atoms with E-state index in [0.29, 0.717) is 23.7 Å². The summed E-state index contributed by atoms with van der Waals surface area (Å²) in [4.78, 5) is 14.3. The quantitative estimate of drug-likeness (QED) is 0.568.